The van der Waals surface area contributed by atoms with E-state index in [2.05, 4.69) is 56.6 Å². The van der Waals surface area contributed by atoms with Crippen molar-refractivity contribution < 1.29 is 9.53 Å². The van der Waals surface area contributed by atoms with Crippen molar-refractivity contribution >= 4 is 21.9 Å². The molecule has 0 aromatic carbocycles. The fraction of sp³-hybridized carbons (Fsp3) is 0.909. The second kappa shape index (κ2) is 12.3. The van der Waals surface area contributed by atoms with Crippen LogP contribution >= 0.6 is 15.9 Å². The van der Waals surface area contributed by atoms with E-state index in [0.717, 1.165) is 72.9 Å². The SMILES string of the molecule is CC(C)CCC[C@@H](C)[C@H]1CC[C@H]2[C@@H]3CC=C4CC(OC(=O)CCCCCBr)CC[C@]4(C)[C@H]3CC[C@]12C. The summed E-state index contributed by atoms with van der Waals surface area (Å²) in [6, 6.07) is 0. The summed E-state index contributed by atoms with van der Waals surface area (Å²) in [4.78, 5) is 12.4. The number of carbonyl (C=O) groups excluding carboxylic acids is 1. The summed E-state index contributed by atoms with van der Waals surface area (Å²) in [5.41, 5.74) is 2.53. The molecule has 3 heteroatoms. The molecular weight excluding hydrogens is 508 g/mol. The summed E-state index contributed by atoms with van der Waals surface area (Å²) in [5, 5.41) is 1.03. The summed E-state index contributed by atoms with van der Waals surface area (Å²) in [6.07, 6.45) is 21.1. The Bertz CT molecular complexity index is 774. The lowest BCUT2D eigenvalue weighted by atomic mass is 9.47. The number of unbranched alkanes of at least 4 members (excludes halogenated alkanes) is 2. The summed E-state index contributed by atoms with van der Waals surface area (Å²) in [7, 11) is 0. The molecule has 0 aromatic heterocycles. The Morgan fingerprint density at radius 3 is 2.56 bits per heavy atom. The highest BCUT2D eigenvalue weighted by Crippen LogP contribution is 2.67. The molecule has 2 nitrogen and oxygen atoms in total. The molecule has 4 rings (SSSR count). The topological polar surface area (TPSA) is 26.3 Å². The average molecular weight is 564 g/mol. The highest BCUT2D eigenvalue weighted by atomic mass is 79.9. The van der Waals surface area contributed by atoms with Crippen LogP contribution in [0.2, 0.25) is 0 Å². The number of esters is 1. The van der Waals surface area contributed by atoms with E-state index < -0.39 is 0 Å². The van der Waals surface area contributed by atoms with E-state index in [1.807, 2.05) is 0 Å². The Hall–Kier alpha value is -0.310. The first kappa shape index (κ1) is 28.7. The van der Waals surface area contributed by atoms with Crippen molar-refractivity contribution in [2.24, 2.45) is 46.3 Å². The molecule has 4 aliphatic carbocycles. The van der Waals surface area contributed by atoms with Gasteiger partial charge >= 0.3 is 5.97 Å². The number of halogens is 1. The largest absolute Gasteiger partial charge is 0.462 e. The standard InChI is InChI=1S/C33H55BrO2/c1-23(2)10-9-11-24(3)28-15-16-29-27-14-13-25-22-26(36-31(35)12-7-6-8-21-34)17-19-32(25,4)30(27)18-20-33(28,29)5/h13,23-24,26-30H,6-12,14-22H2,1-5H3/t24-,26?,27+,28-,29+,30+,32+,33-/m1/s1. The minimum Gasteiger partial charge on any atom is -0.462 e. The zero-order valence-corrected chi connectivity index (χ0v) is 25.7. The maximum atomic E-state index is 12.4. The Morgan fingerprint density at radius 2 is 1.81 bits per heavy atom. The highest BCUT2D eigenvalue weighted by molar-refractivity contribution is 9.09. The van der Waals surface area contributed by atoms with Gasteiger partial charge in [-0.2, -0.15) is 0 Å². The van der Waals surface area contributed by atoms with E-state index in [1.165, 1.54) is 57.8 Å². The maximum absolute atomic E-state index is 12.4. The summed E-state index contributed by atoms with van der Waals surface area (Å²) in [5.74, 6) is 5.30. The van der Waals surface area contributed by atoms with Crippen LogP contribution < -0.4 is 0 Å². The van der Waals surface area contributed by atoms with E-state index >= 15 is 0 Å². The van der Waals surface area contributed by atoms with Crippen LogP contribution in [0.5, 0.6) is 0 Å². The number of allylic oxidation sites excluding steroid dienone is 1. The Morgan fingerprint density at radius 1 is 1.00 bits per heavy atom. The molecule has 0 radical (unpaired) electrons. The van der Waals surface area contributed by atoms with Gasteiger partial charge in [0.2, 0.25) is 0 Å². The Kier molecular flexibility index (Phi) is 9.76. The number of rotatable bonds is 11. The van der Waals surface area contributed by atoms with Gasteiger partial charge in [-0.15, -0.1) is 0 Å². The molecule has 0 saturated heterocycles. The van der Waals surface area contributed by atoms with E-state index in [1.54, 1.807) is 5.57 Å². The zero-order chi connectivity index (χ0) is 25.9. The van der Waals surface area contributed by atoms with E-state index in [0.29, 0.717) is 17.3 Å². The van der Waals surface area contributed by atoms with Crippen molar-refractivity contribution in [3.8, 4) is 0 Å². The number of hydrogen-bond acceptors (Lipinski definition) is 2. The molecule has 0 bridgehead atoms. The fourth-order valence-corrected chi connectivity index (χ4v) is 9.93. The van der Waals surface area contributed by atoms with E-state index in [4.69, 9.17) is 4.74 Å². The van der Waals surface area contributed by atoms with Gasteiger partial charge in [-0.3, -0.25) is 4.79 Å². The molecule has 3 saturated carbocycles. The van der Waals surface area contributed by atoms with Crippen LogP contribution in [-0.4, -0.2) is 17.4 Å². The van der Waals surface area contributed by atoms with Crippen molar-refractivity contribution in [2.75, 3.05) is 5.33 Å². The summed E-state index contributed by atoms with van der Waals surface area (Å²) in [6.45, 7) is 12.6. The number of hydrogen-bond donors (Lipinski definition) is 0. The lowest BCUT2D eigenvalue weighted by Gasteiger charge is -2.58. The highest BCUT2D eigenvalue weighted by Gasteiger charge is 2.59. The molecule has 0 aliphatic heterocycles. The van der Waals surface area contributed by atoms with Crippen LogP contribution in [0.1, 0.15) is 131 Å². The molecule has 0 heterocycles. The number of alkyl halides is 1. The van der Waals surface area contributed by atoms with Gasteiger partial charge in [0.15, 0.2) is 0 Å². The molecule has 36 heavy (non-hydrogen) atoms. The number of ether oxygens (including phenoxy) is 1. The average Bonchev–Trinajstić information content (AvgIpc) is 3.19. The van der Waals surface area contributed by atoms with Crippen LogP contribution in [-0.2, 0) is 9.53 Å². The molecular formula is C33H55BrO2. The maximum Gasteiger partial charge on any atom is 0.306 e. The molecule has 1 unspecified atom stereocenters. The van der Waals surface area contributed by atoms with Crippen molar-refractivity contribution in [3.05, 3.63) is 11.6 Å². The molecule has 0 amide bonds. The molecule has 3 fully saturated rings. The minimum atomic E-state index is 0.0282. The van der Waals surface area contributed by atoms with Gasteiger partial charge in [0.05, 0.1) is 0 Å². The Labute approximate surface area is 231 Å². The van der Waals surface area contributed by atoms with Crippen LogP contribution in [0.4, 0.5) is 0 Å². The van der Waals surface area contributed by atoms with Gasteiger partial charge in [0.1, 0.15) is 6.10 Å². The quantitative estimate of drug-likeness (QED) is 0.108. The number of carbonyl (C=O) groups is 1. The van der Waals surface area contributed by atoms with Crippen LogP contribution in [0.3, 0.4) is 0 Å². The molecule has 0 N–H and O–H groups in total. The van der Waals surface area contributed by atoms with Gasteiger partial charge in [-0.1, -0.05) is 87.9 Å². The lowest BCUT2D eigenvalue weighted by Crippen LogP contribution is -2.51. The zero-order valence-electron chi connectivity index (χ0n) is 24.1. The second-order valence-corrected chi connectivity index (χ2v) is 14.9. The molecule has 0 aromatic rings. The second-order valence-electron chi connectivity index (χ2n) is 14.1. The lowest BCUT2D eigenvalue weighted by molar-refractivity contribution is -0.151. The number of fused-ring (bicyclic) bond motifs is 5. The molecule has 4 aliphatic rings. The van der Waals surface area contributed by atoms with Crippen LogP contribution in [0.25, 0.3) is 0 Å². The summed E-state index contributed by atoms with van der Waals surface area (Å²) < 4.78 is 5.98. The van der Waals surface area contributed by atoms with Crippen molar-refractivity contribution in [2.45, 2.75) is 137 Å². The van der Waals surface area contributed by atoms with Crippen molar-refractivity contribution in [3.63, 3.8) is 0 Å². The third-order valence-corrected chi connectivity index (χ3v) is 12.1. The fourth-order valence-electron chi connectivity index (χ4n) is 9.54. The normalized spacial score (nSPS) is 38.6. The predicted octanol–water partition coefficient (Wildman–Crippen LogP) is 9.89. The van der Waals surface area contributed by atoms with Crippen LogP contribution in [0.15, 0.2) is 11.6 Å². The predicted molar refractivity (Wildman–Crippen MR) is 155 cm³/mol. The first-order valence-corrected chi connectivity index (χ1v) is 16.8. The monoisotopic (exact) mass is 562 g/mol. The van der Waals surface area contributed by atoms with Gasteiger partial charge in [-0.25, -0.2) is 0 Å². The van der Waals surface area contributed by atoms with Crippen LogP contribution in [0, 0.1) is 46.3 Å². The molecule has 8 atom stereocenters. The summed E-state index contributed by atoms with van der Waals surface area (Å²) >= 11 is 3.48. The minimum absolute atomic E-state index is 0.0282. The van der Waals surface area contributed by atoms with Crippen molar-refractivity contribution in [1.82, 2.24) is 0 Å². The van der Waals surface area contributed by atoms with E-state index in [-0.39, 0.29) is 12.1 Å². The first-order chi connectivity index (χ1) is 17.2. The van der Waals surface area contributed by atoms with Crippen molar-refractivity contribution in [1.29, 1.82) is 0 Å². The van der Waals surface area contributed by atoms with Gasteiger partial charge in [0, 0.05) is 18.2 Å². The van der Waals surface area contributed by atoms with Gasteiger partial charge in [-0.05, 0) is 104 Å². The molecule has 206 valence electrons. The van der Waals surface area contributed by atoms with E-state index in [9.17, 15) is 4.79 Å². The third-order valence-electron chi connectivity index (χ3n) is 11.6. The molecule has 0 spiro atoms. The smallest absolute Gasteiger partial charge is 0.306 e. The third kappa shape index (κ3) is 5.96. The van der Waals surface area contributed by atoms with Gasteiger partial charge < -0.3 is 4.74 Å². The first-order valence-electron chi connectivity index (χ1n) is 15.6. The van der Waals surface area contributed by atoms with Gasteiger partial charge in [0.25, 0.3) is 0 Å². The Balaban J connectivity index is 1.36.